The third kappa shape index (κ3) is 7.58. The monoisotopic (exact) mass is 552 g/mol. The van der Waals surface area contributed by atoms with Crippen molar-refractivity contribution in [3.63, 3.8) is 0 Å². The second-order valence-corrected chi connectivity index (χ2v) is 8.51. The van der Waals surface area contributed by atoms with Gasteiger partial charge in [-0.15, -0.1) is 0 Å². The molecule has 2 aliphatic heterocycles. The Labute approximate surface area is 216 Å². The van der Waals surface area contributed by atoms with Crippen LogP contribution in [0, 0.1) is 0 Å². The number of rotatable bonds is 10. The summed E-state index contributed by atoms with van der Waals surface area (Å²) in [7, 11) is 0. The lowest BCUT2D eigenvalue weighted by Crippen LogP contribution is -2.65. The summed E-state index contributed by atoms with van der Waals surface area (Å²) in [4.78, 5) is 58.6. The summed E-state index contributed by atoms with van der Waals surface area (Å²) >= 11 is 0. The van der Waals surface area contributed by atoms with E-state index in [1.807, 2.05) is 0 Å². The van der Waals surface area contributed by atoms with E-state index in [1.54, 1.807) is 0 Å². The fourth-order valence-electron chi connectivity index (χ4n) is 4.06. The van der Waals surface area contributed by atoms with Crippen LogP contribution in [-0.2, 0) is 61.9 Å². The smallest absolute Gasteiger partial charge is 0.303 e. The fourth-order valence-corrected chi connectivity index (χ4v) is 4.06. The molecule has 16 nitrogen and oxygen atoms in total. The highest BCUT2D eigenvalue weighted by atomic mass is 16.8. The molecule has 0 amide bonds. The van der Waals surface area contributed by atoms with Crippen molar-refractivity contribution < 1.29 is 77.2 Å². The molecular formula is C22H32O16. The Balaban J connectivity index is 2.55. The topological polar surface area (TPSA) is 220 Å². The third-order valence-corrected chi connectivity index (χ3v) is 5.43. The summed E-state index contributed by atoms with van der Waals surface area (Å²) < 4.78 is 42.9. The first-order chi connectivity index (χ1) is 17.7. The second-order valence-electron chi connectivity index (χ2n) is 8.51. The molecule has 0 aromatic rings. The van der Waals surface area contributed by atoms with Gasteiger partial charge in [-0.3, -0.25) is 24.0 Å². The number of esters is 5. The van der Waals surface area contributed by atoms with Gasteiger partial charge in [0, 0.05) is 34.6 Å². The molecule has 2 saturated heterocycles. The molecule has 38 heavy (non-hydrogen) atoms. The van der Waals surface area contributed by atoms with Crippen molar-refractivity contribution in [1.29, 1.82) is 0 Å². The molecule has 8 unspecified atom stereocenters. The van der Waals surface area contributed by atoms with Crippen LogP contribution in [-0.4, -0.2) is 120 Å². The molecule has 0 aromatic heterocycles. The van der Waals surface area contributed by atoms with Crippen LogP contribution in [0.25, 0.3) is 0 Å². The van der Waals surface area contributed by atoms with E-state index in [4.69, 9.17) is 37.9 Å². The van der Waals surface area contributed by atoms with Crippen LogP contribution in [0.5, 0.6) is 0 Å². The van der Waals surface area contributed by atoms with Gasteiger partial charge in [-0.2, -0.15) is 0 Å². The van der Waals surface area contributed by atoms with Gasteiger partial charge in [0.1, 0.15) is 31.5 Å². The Hall–Kier alpha value is -2.89. The van der Waals surface area contributed by atoms with E-state index in [0.29, 0.717) is 0 Å². The van der Waals surface area contributed by atoms with Crippen molar-refractivity contribution in [2.75, 3.05) is 19.8 Å². The van der Waals surface area contributed by atoms with Crippen LogP contribution in [0.3, 0.4) is 0 Å². The predicted molar refractivity (Wildman–Crippen MR) is 116 cm³/mol. The maximum atomic E-state index is 11.9. The van der Waals surface area contributed by atoms with E-state index in [2.05, 4.69) is 0 Å². The van der Waals surface area contributed by atoms with Gasteiger partial charge in [-0.05, 0) is 0 Å². The van der Waals surface area contributed by atoms with E-state index in [0.717, 1.165) is 34.6 Å². The average Bonchev–Trinajstić information content (AvgIpc) is 3.08. The zero-order chi connectivity index (χ0) is 28.8. The predicted octanol–water partition coefficient (Wildman–Crippen LogP) is -2.54. The Bertz CT molecular complexity index is 891. The summed E-state index contributed by atoms with van der Waals surface area (Å²) in [6.07, 6.45) is -12.8. The number of carbonyl (C=O) groups is 5. The Morgan fingerprint density at radius 1 is 0.737 bits per heavy atom. The molecule has 2 heterocycles. The Morgan fingerprint density at radius 3 is 1.74 bits per heavy atom. The number of ether oxygens (including phenoxy) is 8. The van der Waals surface area contributed by atoms with E-state index in [1.165, 1.54) is 0 Å². The molecule has 0 radical (unpaired) electrons. The van der Waals surface area contributed by atoms with Crippen LogP contribution >= 0.6 is 0 Å². The number of carbonyl (C=O) groups excluding carboxylic acids is 5. The van der Waals surface area contributed by atoms with Gasteiger partial charge in [0.2, 0.25) is 12.1 Å². The van der Waals surface area contributed by atoms with E-state index < -0.39 is 104 Å². The molecule has 2 rings (SSSR count). The summed E-state index contributed by atoms with van der Waals surface area (Å²) in [6, 6.07) is 0. The molecule has 3 N–H and O–H groups in total. The molecule has 16 heteroatoms. The minimum Gasteiger partial charge on any atom is -0.463 e. The third-order valence-electron chi connectivity index (χ3n) is 5.43. The summed E-state index contributed by atoms with van der Waals surface area (Å²) in [6.45, 7) is 2.76. The lowest BCUT2D eigenvalue weighted by Gasteiger charge is -2.45. The quantitative estimate of drug-likeness (QED) is 0.188. The van der Waals surface area contributed by atoms with Crippen LogP contribution < -0.4 is 0 Å². The average molecular weight is 552 g/mol. The van der Waals surface area contributed by atoms with Crippen molar-refractivity contribution in [3.05, 3.63) is 0 Å². The van der Waals surface area contributed by atoms with Crippen molar-refractivity contribution in [1.82, 2.24) is 0 Å². The van der Waals surface area contributed by atoms with Crippen LogP contribution in [0.2, 0.25) is 0 Å². The van der Waals surface area contributed by atoms with Gasteiger partial charge < -0.3 is 53.2 Å². The Kier molecular flexibility index (Phi) is 10.9. The number of hydrogen-bond donors (Lipinski definition) is 3. The van der Waals surface area contributed by atoms with Gasteiger partial charge in [0.05, 0.1) is 6.61 Å². The van der Waals surface area contributed by atoms with Crippen molar-refractivity contribution in [2.24, 2.45) is 0 Å². The number of aliphatic hydroxyl groups excluding tert-OH is 3. The van der Waals surface area contributed by atoms with E-state index >= 15 is 0 Å². The zero-order valence-electron chi connectivity index (χ0n) is 21.4. The minimum atomic E-state index is -2.39. The van der Waals surface area contributed by atoms with Gasteiger partial charge in [-0.25, -0.2) is 0 Å². The molecule has 0 aliphatic carbocycles. The molecule has 0 spiro atoms. The molecule has 0 aromatic carbocycles. The molecule has 9 atom stereocenters. The van der Waals surface area contributed by atoms with Gasteiger partial charge in [0.25, 0.3) is 0 Å². The van der Waals surface area contributed by atoms with Gasteiger partial charge >= 0.3 is 29.8 Å². The second kappa shape index (κ2) is 13.3. The largest absolute Gasteiger partial charge is 0.463 e. The molecule has 2 fully saturated rings. The van der Waals surface area contributed by atoms with E-state index in [-0.39, 0.29) is 0 Å². The van der Waals surface area contributed by atoms with Crippen molar-refractivity contribution in [2.45, 2.75) is 89.4 Å². The first-order valence-corrected chi connectivity index (χ1v) is 11.5. The minimum absolute atomic E-state index is 0.559. The number of hydrogen-bond acceptors (Lipinski definition) is 16. The van der Waals surface area contributed by atoms with Crippen LogP contribution in [0.1, 0.15) is 34.6 Å². The maximum absolute atomic E-state index is 11.9. The first kappa shape index (κ1) is 31.3. The van der Waals surface area contributed by atoms with Crippen LogP contribution in [0.4, 0.5) is 0 Å². The maximum Gasteiger partial charge on any atom is 0.303 e. The van der Waals surface area contributed by atoms with Crippen molar-refractivity contribution >= 4 is 29.8 Å². The van der Waals surface area contributed by atoms with Gasteiger partial charge in [-0.1, -0.05) is 0 Å². The van der Waals surface area contributed by atoms with E-state index in [9.17, 15) is 39.3 Å². The molecule has 0 saturated carbocycles. The fraction of sp³-hybridized carbons (Fsp3) is 0.773. The van der Waals surface area contributed by atoms with Crippen molar-refractivity contribution in [3.8, 4) is 0 Å². The lowest BCUT2D eigenvalue weighted by atomic mass is 9.98. The normalized spacial score (nSPS) is 34.6. The SMILES string of the molecule is CC(=O)OCC1OC(O[C@]2(CO)OC(CO)C(OC(C)=O)C2OC(C)=O)C(OC(C)=O)C(OC(C)=O)C1O. The summed E-state index contributed by atoms with van der Waals surface area (Å²) in [5.41, 5.74) is 0. The first-order valence-electron chi connectivity index (χ1n) is 11.5. The highest BCUT2D eigenvalue weighted by Crippen LogP contribution is 2.40. The summed E-state index contributed by atoms with van der Waals surface area (Å²) in [5.74, 6) is -6.67. The highest BCUT2D eigenvalue weighted by molar-refractivity contribution is 5.68. The van der Waals surface area contributed by atoms with Gasteiger partial charge in [0.15, 0.2) is 24.4 Å². The zero-order valence-corrected chi connectivity index (χ0v) is 21.4. The molecule has 2 aliphatic rings. The number of aliphatic hydroxyl groups is 3. The standard InChI is InChI=1S/C22H32O16/c1-9(25)31-7-15-16(30)18(33-11(3)27)19(34-12(4)28)21(36-15)38-22(8-24)20(35-13(5)29)17(32-10(2)26)14(6-23)37-22/h14-21,23-24,30H,6-8H2,1-5H3/t14?,15?,16?,17?,18?,19?,20?,21?,22-/m0/s1. The highest BCUT2D eigenvalue weighted by Gasteiger charge is 2.63. The molecule has 216 valence electrons. The lowest BCUT2D eigenvalue weighted by molar-refractivity contribution is -0.384. The van der Waals surface area contributed by atoms with Crippen LogP contribution in [0.15, 0.2) is 0 Å². The molecule has 0 bridgehead atoms. The molecular weight excluding hydrogens is 520 g/mol. The Morgan fingerprint density at radius 2 is 1.26 bits per heavy atom. The summed E-state index contributed by atoms with van der Waals surface area (Å²) in [5, 5.41) is 30.9.